The number of carboxylic acid groups (broad SMARTS) is 1. The highest BCUT2D eigenvalue weighted by Crippen LogP contribution is 2.36. The maximum atomic E-state index is 10.9. The van der Waals surface area contributed by atoms with Gasteiger partial charge in [0.1, 0.15) is 0 Å². The molecule has 17 heavy (non-hydrogen) atoms. The Morgan fingerprint density at radius 3 is 2.18 bits per heavy atom. The Hall–Kier alpha value is -0.650. The van der Waals surface area contributed by atoms with Gasteiger partial charge in [-0.05, 0) is 47.3 Å². The van der Waals surface area contributed by atoms with Crippen LogP contribution in [0, 0.1) is 0 Å². The number of nitrogens with zero attached hydrogens (tertiary/aromatic N) is 2. The normalized spacial score (nSPS) is 22.3. The maximum Gasteiger partial charge on any atom is 0.336 e. The number of hydrogen-bond donors (Lipinski definition) is 2. The first-order valence-corrected chi connectivity index (χ1v) is 6.01. The molecular weight excluding hydrogens is 220 g/mol. The number of likely N-dealkylation sites (N-methyl/N-ethyl adjacent to an activating group) is 2. The monoisotopic (exact) mass is 244 g/mol. The van der Waals surface area contributed by atoms with E-state index >= 15 is 0 Å². The first-order chi connectivity index (χ1) is 7.69. The van der Waals surface area contributed by atoms with E-state index in [1.807, 2.05) is 11.9 Å². The van der Waals surface area contributed by atoms with E-state index in [-0.39, 0.29) is 12.1 Å². The van der Waals surface area contributed by atoms with Gasteiger partial charge in [-0.15, -0.1) is 0 Å². The molecule has 5 heteroatoms. The second-order valence-corrected chi connectivity index (χ2v) is 5.72. The lowest BCUT2D eigenvalue weighted by atomic mass is 9.75. The number of aliphatic hydroxyl groups is 1. The lowest BCUT2D eigenvalue weighted by molar-refractivity contribution is -0.158. The van der Waals surface area contributed by atoms with Crippen molar-refractivity contribution in [3.8, 4) is 0 Å². The minimum absolute atomic E-state index is 0.151. The van der Waals surface area contributed by atoms with Crippen LogP contribution in [0.1, 0.15) is 26.2 Å². The quantitative estimate of drug-likeness (QED) is 0.700. The van der Waals surface area contributed by atoms with Gasteiger partial charge in [0.15, 0.2) is 5.60 Å². The fourth-order valence-electron chi connectivity index (χ4n) is 2.48. The van der Waals surface area contributed by atoms with E-state index in [1.54, 1.807) is 0 Å². The Morgan fingerprint density at radius 2 is 1.88 bits per heavy atom. The van der Waals surface area contributed by atoms with Gasteiger partial charge < -0.3 is 20.0 Å². The van der Waals surface area contributed by atoms with Crippen LogP contribution in [-0.2, 0) is 4.79 Å². The smallest absolute Gasteiger partial charge is 0.336 e. The highest BCUT2D eigenvalue weighted by molar-refractivity contribution is 5.76. The van der Waals surface area contributed by atoms with E-state index in [0.29, 0.717) is 0 Å². The number of hydrogen-bond acceptors (Lipinski definition) is 4. The average molecular weight is 244 g/mol. The van der Waals surface area contributed by atoms with Crippen LogP contribution in [0.3, 0.4) is 0 Å². The summed E-state index contributed by atoms with van der Waals surface area (Å²) in [6.45, 7) is 2.29. The molecule has 2 N–H and O–H groups in total. The van der Waals surface area contributed by atoms with Crippen molar-refractivity contribution in [1.29, 1.82) is 0 Å². The zero-order valence-electron chi connectivity index (χ0n) is 11.2. The first-order valence-electron chi connectivity index (χ1n) is 6.01. The minimum atomic E-state index is -1.67. The molecule has 1 atom stereocenters. The van der Waals surface area contributed by atoms with Gasteiger partial charge in [-0.1, -0.05) is 0 Å². The molecule has 0 bridgehead atoms. The summed E-state index contributed by atoms with van der Waals surface area (Å²) in [6, 6.07) is 0. The predicted octanol–water partition coefficient (Wildman–Crippen LogP) is 0.238. The van der Waals surface area contributed by atoms with Crippen molar-refractivity contribution in [2.45, 2.75) is 37.3 Å². The summed E-state index contributed by atoms with van der Waals surface area (Å²) in [6.07, 6.45) is 3.50. The first kappa shape index (κ1) is 14.4. The van der Waals surface area contributed by atoms with E-state index in [9.17, 15) is 9.90 Å². The molecule has 1 aliphatic rings. The predicted molar refractivity (Wildman–Crippen MR) is 66.0 cm³/mol. The lowest BCUT2D eigenvalue weighted by Gasteiger charge is -2.49. The number of rotatable bonds is 6. The van der Waals surface area contributed by atoms with Gasteiger partial charge in [-0.25, -0.2) is 4.79 Å². The van der Waals surface area contributed by atoms with Crippen LogP contribution in [0.4, 0.5) is 0 Å². The molecular formula is C12H24N2O3. The van der Waals surface area contributed by atoms with Crippen LogP contribution in [0.15, 0.2) is 0 Å². The van der Waals surface area contributed by atoms with E-state index < -0.39 is 11.6 Å². The van der Waals surface area contributed by atoms with Crippen LogP contribution in [0.5, 0.6) is 0 Å². The Kier molecular flexibility index (Phi) is 4.17. The Morgan fingerprint density at radius 1 is 1.35 bits per heavy atom. The summed E-state index contributed by atoms with van der Waals surface area (Å²) in [4.78, 5) is 15.0. The molecule has 0 amide bonds. The zero-order valence-corrected chi connectivity index (χ0v) is 11.2. The van der Waals surface area contributed by atoms with Gasteiger partial charge in [0, 0.05) is 18.6 Å². The summed E-state index contributed by atoms with van der Waals surface area (Å²) in [5, 5.41) is 18.6. The third-order valence-corrected chi connectivity index (χ3v) is 3.84. The van der Waals surface area contributed by atoms with Gasteiger partial charge in [0.25, 0.3) is 0 Å². The van der Waals surface area contributed by atoms with Crippen molar-refractivity contribution in [3.63, 3.8) is 0 Å². The van der Waals surface area contributed by atoms with Crippen LogP contribution in [0.25, 0.3) is 0 Å². The summed E-state index contributed by atoms with van der Waals surface area (Å²) >= 11 is 0. The molecule has 0 aliphatic heterocycles. The second-order valence-electron chi connectivity index (χ2n) is 5.72. The van der Waals surface area contributed by atoms with Crippen molar-refractivity contribution < 1.29 is 15.0 Å². The molecule has 0 aromatic heterocycles. The van der Waals surface area contributed by atoms with Crippen molar-refractivity contribution in [2.75, 3.05) is 34.2 Å². The molecule has 100 valence electrons. The molecule has 0 aromatic carbocycles. The minimum Gasteiger partial charge on any atom is -0.479 e. The van der Waals surface area contributed by atoms with Gasteiger partial charge in [-0.3, -0.25) is 0 Å². The third kappa shape index (κ3) is 3.18. The van der Waals surface area contributed by atoms with Crippen molar-refractivity contribution in [2.24, 2.45) is 0 Å². The highest BCUT2D eigenvalue weighted by atomic mass is 16.4. The van der Waals surface area contributed by atoms with E-state index in [4.69, 9.17) is 5.11 Å². The lowest BCUT2D eigenvalue weighted by Crippen LogP contribution is -2.58. The average Bonchev–Trinajstić information content (AvgIpc) is 2.09. The topological polar surface area (TPSA) is 64.0 Å². The molecule has 0 spiro atoms. The van der Waals surface area contributed by atoms with Crippen LogP contribution in [-0.4, -0.2) is 71.4 Å². The van der Waals surface area contributed by atoms with E-state index in [0.717, 1.165) is 19.4 Å². The molecule has 1 saturated carbocycles. The third-order valence-electron chi connectivity index (χ3n) is 3.84. The molecule has 1 rings (SSSR count). The second kappa shape index (κ2) is 4.92. The fraction of sp³-hybridized carbons (Fsp3) is 0.917. The van der Waals surface area contributed by atoms with Crippen LogP contribution < -0.4 is 0 Å². The van der Waals surface area contributed by atoms with Crippen LogP contribution >= 0.6 is 0 Å². The number of carboxylic acids is 1. The largest absolute Gasteiger partial charge is 0.479 e. The summed E-state index contributed by atoms with van der Waals surface area (Å²) in [5.74, 6) is -1.17. The number of aliphatic carboxylic acids is 1. The summed E-state index contributed by atoms with van der Waals surface area (Å²) in [7, 11) is 5.98. The Labute approximate surface area is 103 Å². The van der Waals surface area contributed by atoms with Gasteiger partial charge in [0.2, 0.25) is 0 Å². The summed E-state index contributed by atoms with van der Waals surface area (Å²) < 4.78 is 0. The molecule has 0 saturated heterocycles. The summed E-state index contributed by atoms with van der Waals surface area (Å²) in [5.41, 5.74) is -1.52. The maximum absolute atomic E-state index is 10.9. The molecule has 0 heterocycles. The molecule has 0 aromatic rings. The van der Waals surface area contributed by atoms with Crippen molar-refractivity contribution in [1.82, 2.24) is 9.80 Å². The molecule has 5 nitrogen and oxygen atoms in total. The molecule has 1 aliphatic carbocycles. The Balaban J connectivity index is 2.55. The van der Waals surface area contributed by atoms with Gasteiger partial charge >= 0.3 is 5.97 Å². The van der Waals surface area contributed by atoms with Crippen LogP contribution in [0.2, 0.25) is 0 Å². The van der Waals surface area contributed by atoms with E-state index in [2.05, 4.69) is 19.0 Å². The Bertz CT molecular complexity index is 285. The van der Waals surface area contributed by atoms with E-state index in [1.165, 1.54) is 13.3 Å². The number of carbonyl (C=O) groups is 1. The molecule has 1 fully saturated rings. The van der Waals surface area contributed by atoms with Gasteiger partial charge in [-0.2, -0.15) is 0 Å². The molecule has 0 radical (unpaired) electrons. The fourth-order valence-corrected chi connectivity index (χ4v) is 2.48. The standard InChI is InChI=1S/C12H24N2O3/c1-11(17,10(15)16)8-14(4)9-12(13(2)3)6-5-7-12/h17H,5-9H2,1-4H3,(H,15,16). The highest BCUT2D eigenvalue weighted by Gasteiger charge is 2.41. The zero-order chi connectivity index (χ0) is 13.3. The van der Waals surface area contributed by atoms with Crippen molar-refractivity contribution in [3.05, 3.63) is 0 Å². The SMILES string of the molecule is CN(CC(C)(O)C(=O)O)CC1(N(C)C)CCC1. The molecule has 1 unspecified atom stereocenters. The van der Waals surface area contributed by atoms with Gasteiger partial charge in [0.05, 0.1) is 0 Å². The van der Waals surface area contributed by atoms with Crippen molar-refractivity contribution >= 4 is 5.97 Å².